The van der Waals surface area contributed by atoms with Crippen LogP contribution in [-0.4, -0.2) is 10.1 Å². The molecule has 1 unspecified atom stereocenters. The molecular weight excluding hydrogens is 293 g/mol. The summed E-state index contributed by atoms with van der Waals surface area (Å²) in [4.78, 5) is 4.29. The van der Waals surface area contributed by atoms with Gasteiger partial charge < -0.3 is 5.11 Å². The van der Waals surface area contributed by atoms with Crippen LogP contribution in [0, 0.1) is 5.82 Å². The van der Waals surface area contributed by atoms with E-state index in [1.165, 1.54) is 23.5 Å². The Kier molecular flexibility index (Phi) is 3.37. The van der Waals surface area contributed by atoms with Crippen LogP contribution in [0.5, 0.6) is 0 Å². The van der Waals surface area contributed by atoms with E-state index in [2.05, 4.69) is 20.9 Å². The van der Waals surface area contributed by atoms with E-state index in [-0.39, 0.29) is 5.82 Å². The molecule has 5 heteroatoms. The molecule has 0 aliphatic rings. The second kappa shape index (κ2) is 4.61. The van der Waals surface area contributed by atoms with Gasteiger partial charge in [-0.1, -0.05) is 0 Å². The summed E-state index contributed by atoms with van der Waals surface area (Å²) in [6, 6.07) is 4.46. The molecule has 0 saturated heterocycles. The molecule has 1 aromatic carbocycles. The molecule has 0 spiro atoms. The summed E-state index contributed by atoms with van der Waals surface area (Å²) in [6.07, 6.45) is -0.579. The highest BCUT2D eigenvalue weighted by Crippen LogP contribution is 2.32. The lowest BCUT2D eigenvalue weighted by Gasteiger charge is -2.01. The van der Waals surface area contributed by atoms with Crippen LogP contribution in [0.4, 0.5) is 4.39 Å². The van der Waals surface area contributed by atoms with Gasteiger partial charge in [-0.15, -0.1) is 11.3 Å². The molecule has 16 heavy (non-hydrogen) atoms. The fraction of sp³-hybridized carbons (Fsp3) is 0.182. The number of benzene rings is 1. The van der Waals surface area contributed by atoms with Crippen molar-refractivity contribution in [1.29, 1.82) is 0 Å². The van der Waals surface area contributed by atoms with Gasteiger partial charge in [-0.25, -0.2) is 9.37 Å². The second-order valence-electron chi connectivity index (χ2n) is 3.38. The predicted molar refractivity (Wildman–Crippen MR) is 65.8 cm³/mol. The van der Waals surface area contributed by atoms with E-state index >= 15 is 0 Å². The number of aliphatic hydroxyl groups is 1. The molecule has 1 atom stereocenters. The molecule has 0 fully saturated rings. The molecule has 0 radical (unpaired) electrons. The maximum atomic E-state index is 12.9. The minimum Gasteiger partial charge on any atom is -0.387 e. The SMILES string of the molecule is CC(O)c1csc(-c2ccc(F)cc2Br)n1. The zero-order valence-corrected chi connectivity index (χ0v) is 10.8. The highest BCUT2D eigenvalue weighted by Gasteiger charge is 2.11. The van der Waals surface area contributed by atoms with Crippen molar-refractivity contribution in [3.05, 3.63) is 39.6 Å². The van der Waals surface area contributed by atoms with Crippen molar-refractivity contribution in [3.8, 4) is 10.6 Å². The topological polar surface area (TPSA) is 33.1 Å². The molecular formula is C11H9BrFNOS. The van der Waals surface area contributed by atoms with Crippen LogP contribution in [0.3, 0.4) is 0 Å². The normalized spacial score (nSPS) is 12.8. The van der Waals surface area contributed by atoms with Gasteiger partial charge in [0.05, 0.1) is 11.8 Å². The first kappa shape index (κ1) is 11.7. The first-order valence-electron chi connectivity index (χ1n) is 4.67. The third-order valence-electron chi connectivity index (χ3n) is 2.11. The summed E-state index contributed by atoms with van der Waals surface area (Å²) in [7, 11) is 0. The molecule has 0 amide bonds. The Hall–Kier alpha value is -0.780. The maximum Gasteiger partial charge on any atom is 0.124 e. The number of thiazole rings is 1. The molecule has 0 aliphatic carbocycles. The lowest BCUT2D eigenvalue weighted by atomic mass is 10.2. The van der Waals surface area contributed by atoms with E-state index in [0.717, 1.165) is 10.6 Å². The second-order valence-corrected chi connectivity index (χ2v) is 5.09. The van der Waals surface area contributed by atoms with Gasteiger partial charge in [-0.3, -0.25) is 0 Å². The fourth-order valence-electron chi connectivity index (χ4n) is 1.26. The minimum absolute atomic E-state index is 0.289. The first-order chi connectivity index (χ1) is 7.58. The zero-order chi connectivity index (χ0) is 11.7. The Labute approximate surface area is 105 Å². The van der Waals surface area contributed by atoms with E-state index in [4.69, 9.17) is 0 Å². The molecule has 1 aromatic heterocycles. The predicted octanol–water partition coefficient (Wildman–Crippen LogP) is 3.77. The van der Waals surface area contributed by atoms with Gasteiger partial charge in [0.2, 0.25) is 0 Å². The van der Waals surface area contributed by atoms with Crippen molar-refractivity contribution < 1.29 is 9.50 Å². The molecule has 0 aliphatic heterocycles. The Morgan fingerprint density at radius 1 is 1.50 bits per heavy atom. The monoisotopic (exact) mass is 301 g/mol. The lowest BCUT2D eigenvalue weighted by molar-refractivity contribution is 0.195. The number of halogens is 2. The van der Waals surface area contributed by atoms with Gasteiger partial charge in [0.1, 0.15) is 10.8 Å². The maximum absolute atomic E-state index is 12.9. The van der Waals surface area contributed by atoms with Crippen molar-refractivity contribution in [2.24, 2.45) is 0 Å². The van der Waals surface area contributed by atoms with Crippen LogP contribution in [-0.2, 0) is 0 Å². The van der Waals surface area contributed by atoms with E-state index in [1.54, 1.807) is 18.4 Å². The summed E-state index contributed by atoms with van der Waals surface area (Å²) in [5.74, 6) is -0.289. The number of rotatable bonds is 2. The van der Waals surface area contributed by atoms with Gasteiger partial charge in [0.25, 0.3) is 0 Å². The molecule has 1 heterocycles. The molecule has 0 bridgehead atoms. The van der Waals surface area contributed by atoms with Crippen LogP contribution in [0.25, 0.3) is 10.6 Å². The number of aliphatic hydroxyl groups excluding tert-OH is 1. The van der Waals surface area contributed by atoms with E-state index in [1.807, 2.05) is 0 Å². The van der Waals surface area contributed by atoms with Gasteiger partial charge >= 0.3 is 0 Å². The van der Waals surface area contributed by atoms with Crippen molar-refractivity contribution in [2.75, 3.05) is 0 Å². The van der Waals surface area contributed by atoms with Crippen molar-refractivity contribution in [3.63, 3.8) is 0 Å². The van der Waals surface area contributed by atoms with Crippen LogP contribution >= 0.6 is 27.3 Å². The van der Waals surface area contributed by atoms with Crippen LogP contribution < -0.4 is 0 Å². The van der Waals surface area contributed by atoms with E-state index in [9.17, 15) is 9.50 Å². The average molecular weight is 302 g/mol. The third kappa shape index (κ3) is 2.31. The number of aromatic nitrogens is 1. The molecule has 84 valence electrons. The first-order valence-corrected chi connectivity index (χ1v) is 6.34. The van der Waals surface area contributed by atoms with Crippen LogP contribution in [0.1, 0.15) is 18.7 Å². The Balaban J connectivity index is 2.42. The Morgan fingerprint density at radius 2 is 2.25 bits per heavy atom. The zero-order valence-electron chi connectivity index (χ0n) is 8.45. The van der Waals surface area contributed by atoms with Crippen molar-refractivity contribution >= 4 is 27.3 Å². The number of hydrogen-bond acceptors (Lipinski definition) is 3. The third-order valence-corrected chi connectivity index (χ3v) is 3.66. The highest BCUT2D eigenvalue weighted by atomic mass is 79.9. The number of hydrogen-bond donors (Lipinski definition) is 1. The molecule has 2 rings (SSSR count). The van der Waals surface area contributed by atoms with Crippen LogP contribution in [0.2, 0.25) is 0 Å². The molecule has 2 nitrogen and oxygen atoms in total. The minimum atomic E-state index is -0.579. The Morgan fingerprint density at radius 3 is 2.81 bits per heavy atom. The fourth-order valence-corrected chi connectivity index (χ4v) is 2.88. The summed E-state index contributed by atoms with van der Waals surface area (Å²) in [6.45, 7) is 1.67. The quantitative estimate of drug-likeness (QED) is 0.916. The standard InChI is InChI=1S/C11H9BrFNOS/c1-6(15)10-5-16-11(14-10)8-3-2-7(13)4-9(8)12/h2-6,15H,1H3. The highest BCUT2D eigenvalue weighted by molar-refractivity contribution is 9.10. The molecule has 0 saturated carbocycles. The Bertz CT molecular complexity index is 512. The number of nitrogens with zero attached hydrogens (tertiary/aromatic N) is 1. The summed E-state index contributed by atoms with van der Waals surface area (Å²) in [5.41, 5.74) is 1.47. The molecule has 2 aromatic rings. The van der Waals surface area contributed by atoms with Gasteiger partial charge in [-0.05, 0) is 41.1 Å². The smallest absolute Gasteiger partial charge is 0.124 e. The summed E-state index contributed by atoms with van der Waals surface area (Å²) >= 11 is 4.72. The van der Waals surface area contributed by atoms with Crippen molar-refractivity contribution in [2.45, 2.75) is 13.0 Å². The van der Waals surface area contributed by atoms with E-state index < -0.39 is 6.10 Å². The van der Waals surface area contributed by atoms with Crippen LogP contribution in [0.15, 0.2) is 28.1 Å². The molecule has 1 N–H and O–H groups in total. The lowest BCUT2D eigenvalue weighted by Crippen LogP contribution is -1.90. The summed E-state index contributed by atoms with van der Waals surface area (Å²) in [5, 5.41) is 11.9. The average Bonchev–Trinajstić information content (AvgIpc) is 2.66. The van der Waals surface area contributed by atoms with Crippen molar-refractivity contribution in [1.82, 2.24) is 4.98 Å². The van der Waals surface area contributed by atoms with Gasteiger partial charge in [0, 0.05) is 15.4 Å². The van der Waals surface area contributed by atoms with Gasteiger partial charge in [0.15, 0.2) is 0 Å². The largest absolute Gasteiger partial charge is 0.387 e. The summed E-state index contributed by atoms with van der Waals surface area (Å²) < 4.78 is 13.6. The van der Waals surface area contributed by atoms with Gasteiger partial charge in [-0.2, -0.15) is 0 Å². The van der Waals surface area contributed by atoms with E-state index in [0.29, 0.717) is 10.2 Å².